The molecule has 45 heavy (non-hydrogen) atoms. The topological polar surface area (TPSA) is 140 Å². The van der Waals surface area contributed by atoms with Crippen molar-refractivity contribution in [1.29, 1.82) is 15.8 Å². The lowest BCUT2D eigenvalue weighted by molar-refractivity contribution is 0.112. The van der Waals surface area contributed by atoms with Gasteiger partial charge in [0.25, 0.3) is 0 Å². The number of hydrogen-bond acceptors (Lipinski definition) is 5. The molecule has 0 spiro atoms. The van der Waals surface area contributed by atoms with Gasteiger partial charge in [0.2, 0.25) is 1.43 Å². The molecule has 3 rings (SSSR count). The zero-order valence-corrected chi connectivity index (χ0v) is 27.6. The molecule has 0 saturated heterocycles. The Morgan fingerprint density at radius 2 is 1.13 bits per heavy atom. The molecule has 0 radical (unpaired) electrons. The highest BCUT2D eigenvalue weighted by atomic mass is 16.3. The predicted molar refractivity (Wildman–Crippen MR) is 188 cm³/mol. The molecular formula is C36H51N6O3+3. The maximum atomic E-state index is 10.4. The molecule has 9 heteroatoms. The molecule has 0 aliphatic carbocycles. The van der Waals surface area contributed by atoms with Crippen molar-refractivity contribution in [3.05, 3.63) is 95.5 Å². The Morgan fingerprint density at radius 3 is 1.42 bits per heavy atom. The number of hydrogen-bond donors (Lipinski definition) is 1. The van der Waals surface area contributed by atoms with Crippen molar-refractivity contribution in [3.63, 3.8) is 0 Å². The molecule has 0 aromatic heterocycles. The lowest BCUT2D eigenvalue weighted by atomic mass is 10.1. The molecule has 3 aromatic rings. The van der Waals surface area contributed by atoms with Gasteiger partial charge in [-0.2, -0.15) is 15.8 Å². The fraction of sp³-hybridized carbons (Fsp3) is 0.333. The number of rotatable bonds is 7. The molecule has 0 saturated carbocycles. The van der Waals surface area contributed by atoms with Crippen LogP contribution in [-0.2, 0) is 0 Å². The van der Waals surface area contributed by atoms with Crippen LogP contribution >= 0.6 is 0 Å². The van der Waals surface area contributed by atoms with E-state index in [4.69, 9.17) is 30.9 Å². The molecule has 9 nitrogen and oxygen atoms in total. The Labute approximate surface area is 280 Å². The molecular weight excluding hydrogens is 564 g/mol. The standard InChI is InChI=1S/C12H17N2O.C12H15N2.C10H14NO.C2H3N.H2O/c1-14(2,3)11-6-4-10(5-7-11)12(15)8-9-13;1-14(2,3)12-8-6-11(7-9-12)5-4-10-13;1-11(2,3)10-6-4-9(8-12)5-7-10;1-2-3;/h4-7,12,15H,8H2,1-3H3;4-9H,1-3H3;4-8H,1-3H3;1H3;1H2/q3*+1;;/b;5-4+;;;/i8D2;4D;;1D3;/hD. The molecule has 0 amide bonds. The van der Waals surface area contributed by atoms with Gasteiger partial charge in [-0.05, 0) is 77.9 Å². The van der Waals surface area contributed by atoms with Crippen LogP contribution in [0.2, 0.25) is 0 Å². The minimum Gasteiger partial charge on any atom is -0.412 e. The van der Waals surface area contributed by atoms with E-state index in [1.807, 2.05) is 81.8 Å². The van der Waals surface area contributed by atoms with Crippen LogP contribution in [0.3, 0.4) is 0 Å². The first-order valence-electron chi connectivity index (χ1n) is 17.0. The zero-order valence-electron chi connectivity index (χ0n) is 34.6. The van der Waals surface area contributed by atoms with Crippen molar-refractivity contribution < 1.29 is 25.0 Å². The van der Waals surface area contributed by atoms with Crippen LogP contribution in [-0.4, -0.2) is 80.3 Å². The van der Waals surface area contributed by atoms with Crippen molar-refractivity contribution in [2.45, 2.75) is 19.3 Å². The second-order valence-electron chi connectivity index (χ2n) is 12.1. The van der Waals surface area contributed by atoms with Gasteiger partial charge in [0.15, 0.2) is 0 Å². The third-order valence-corrected chi connectivity index (χ3v) is 5.96. The lowest BCUT2D eigenvalue weighted by Crippen LogP contribution is -2.34. The van der Waals surface area contributed by atoms with Gasteiger partial charge in [0, 0.05) is 25.3 Å². The molecule has 0 bridgehead atoms. The maximum absolute atomic E-state index is 10.4. The van der Waals surface area contributed by atoms with Crippen molar-refractivity contribution in [1.82, 2.24) is 13.4 Å². The molecule has 1 atom stereocenters. The Bertz CT molecular complexity index is 1670. The van der Waals surface area contributed by atoms with Crippen molar-refractivity contribution in [2.75, 3.05) is 63.4 Å². The summed E-state index contributed by atoms with van der Waals surface area (Å²) in [6, 6.07) is 26.8. The second-order valence-corrected chi connectivity index (χ2v) is 12.1. The number of allylic oxidation sites excluding steroid dienone is 1. The van der Waals surface area contributed by atoms with E-state index < -0.39 is 19.3 Å². The van der Waals surface area contributed by atoms with E-state index >= 15 is 0 Å². The number of benzene rings is 3. The molecule has 0 fully saturated rings. The second kappa shape index (κ2) is 20.3. The third-order valence-electron chi connectivity index (χ3n) is 5.96. The van der Waals surface area contributed by atoms with Crippen LogP contribution in [0.15, 0.2) is 78.8 Å². The summed E-state index contributed by atoms with van der Waals surface area (Å²) < 4.78 is 47.3. The first kappa shape index (κ1) is 30.4. The minimum atomic E-state index is -2.40. The summed E-state index contributed by atoms with van der Waals surface area (Å²) in [6.07, 6.45) is -1.27. The Balaban J connectivity index is 0. The Hall–Kier alpha value is -4.66. The largest absolute Gasteiger partial charge is 0.412 e. The fourth-order valence-electron chi connectivity index (χ4n) is 3.38. The first-order valence-corrected chi connectivity index (χ1v) is 13.5. The van der Waals surface area contributed by atoms with Gasteiger partial charge < -0.3 is 10.6 Å². The van der Waals surface area contributed by atoms with Gasteiger partial charge in [-0.3, -0.25) is 18.2 Å². The minimum absolute atomic E-state index is 0.0204. The maximum Gasteiger partial charge on any atom is 0.206 e. The van der Waals surface area contributed by atoms with Crippen LogP contribution in [0.4, 0.5) is 17.1 Å². The van der Waals surface area contributed by atoms with Crippen molar-refractivity contribution >= 4 is 29.4 Å². The van der Waals surface area contributed by atoms with Crippen LogP contribution in [0, 0.1) is 34.0 Å². The first-order chi connectivity index (χ1) is 23.7. The number of aliphatic hydroxyl groups excluding tert-OH is 1. The van der Waals surface area contributed by atoms with Gasteiger partial charge in [0.05, 0.1) is 95.5 Å². The number of carbonyl (C=O) groups excluding carboxylic acids is 1. The smallest absolute Gasteiger partial charge is 0.206 e. The van der Waals surface area contributed by atoms with Crippen molar-refractivity contribution in [3.8, 4) is 18.2 Å². The number of nitriles is 3. The predicted octanol–water partition coefficient (Wildman–Crippen LogP) is 5.65. The Morgan fingerprint density at radius 1 is 0.778 bits per heavy atom. The summed E-state index contributed by atoms with van der Waals surface area (Å²) in [5, 5.41) is 34.4. The molecule has 0 aliphatic rings. The van der Waals surface area contributed by atoms with Crippen LogP contribution in [0.1, 0.15) is 50.5 Å². The summed E-state index contributed by atoms with van der Waals surface area (Å²) in [7, 11) is 18.6. The summed E-state index contributed by atoms with van der Waals surface area (Å²) >= 11 is 0. The number of aldehydes is 1. The van der Waals surface area contributed by atoms with Gasteiger partial charge in [-0.15, -0.1) is 0 Å². The summed E-state index contributed by atoms with van der Waals surface area (Å²) in [6.45, 7) is -2.40. The van der Waals surface area contributed by atoms with Crippen molar-refractivity contribution in [2.24, 2.45) is 0 Å². The van der Waals surface area contributed by atoms with Gasteiger partial charge in [-0.1, -0.05) is 12.1 Å². The van der Waals surface area contributed by atoms with E-state index in [-0.39, 0.29) is 6.05 Å². The summed E-state index contributed by atoms with van der Waals surface area (Å²) in [4.78, 5) is 10.4. The summed E-state index contributed by atoms with van der Waals surface area (Å²) in [5.41, 5.74) is 11.7. The molecule has 0 heterocycles. The monoisotopic (exact) mass is 622 g/mol. The lowest BCUT2D eigenvalue weighted by Gasteiger charge is -2.23. The molecule has 1 unspecified atom stereocenters. The summed E-state index contributed by atoms with van der Waals surface area (Å²) in [5.74, 6) is 0. The van der Waals surface area contributed by atoms with Crippen LogP contribution < -0.4 is 13.4 Å². The van der Waals surface area contributed by atoms with Crippen LogP contribution in [0.25, 0.3) is 6.08 Å². The van der Waals surface area contributed by atoms with Crippen LogP contribution in [0.5, 0.6) is 0 Å². The van der Waals surface area contributed by atoms with E-state index in [2.05, 4.69) is 42.3 Å². The highest BCUT2D eigenvalue weighted by molar-refractivity contribution is 5.75. The highest BCUT2D eigenvalue weighted by Gasteiger charge is 2.14. The molecule has 240 valence electrons. The van der Waals surface area contributed by atoms with E-state index in [1.165, 1.54) is 17.4 Å². The normalized spacial score (nSPS) is 14.1. The fourth-order valence-corrected chi connectivity index (χ4v) is 3.38. The van der Waals surface area contributed by atoms with E-state index in [1.54, 1.807) is 24.3 Å². The van der Waals surface area contributed by atoms with Gasteiger partial charge in [0.1, 0.15) is 23.3 Å². The van der Waals surface area contributed by atoms with Gasteiger partial charge in [-0.25, -0.2) is 0 Å². The molecule has 0 aliphatic heterocycles. The Kier molecular flexibility index (Phi) is 13.7. The SMILES string of the molecule is C[N+](C)(C)c1ccc(C=O)cc1.[2H]/C(C#N)=C\c1ccc([N+](C)(C)C)cc1.[2H]C([2H])(C#N)C(O)c1ccc([N+](C)(C)C)cc1.[2H]C([2H])([2H])C#N.[2H]O. The van der Waals surface area contributed by atoms with E-state index in [0.717, 1.165) is 38.1 Å². The van der Waals surface area contributed by atoms with E-state index in [9.17, 15) is 9.90 Å². The molecule has 3 N–H and O–H groups in total. The third kappa shape index (κ3) is 17.3. The zero-order chi connectivity index (χ0) is 41.1. The quantitative estimate of drug-likeness (QED) is 0.206. The molecule has 3 aromatic carbocycles. The average molecular weight is 623 g/mol. The van der Waals surface area contributed by atoms with Gasteiger partial charge >= 0.3 is 0 Å². The number of quaternary nitrogens is 3. The number of nitrogens with zero attached hydrogens (tertiary/aromatic N) is 6. The highest BCUT2D eigenvalue weighted by Crippen LogP contribution is 2.22. The average Bonchev–Trinajstić information content (AvgIpc) is 3.08. The number of aliphatic hydroxyl groups is 1. The number of carbonyl (C=O) groups is 1. The van der Waals surface area contributed by atoms with E-state index in [0.29, 0.717) is 10.0 Å².